The maximum Gasteiger partial charge on any atom is 0.242 e. The molecule has 1 atom stereocenters. The Morgan fingerprint density at radius 1 is 1.10 bits per heavy atom. The Bertz CT molecular complexity index is 844. The zero-order valence-corrected chi connectivity index (χ0v) is 17.2. The summed E-state index contributed by atoms with van der Waals surface area (Å²) >= 11 is 0. The van der Waals surface area contributed by atoms with Crippen LogP contribution in [0.2, 0.25) is 0 Å². The molecule has 0 aliphatic heterocycles. The fraction of sp³-hybridized carbons (Fsp3) is 0.417. The van der Waals surface area contributed by atoms with E-state index in [0.717, 1.165) is 42.4 Å². The van der Waals surface area contributed by atoms with Gasteiger partial charge in [0.25, 0.3) is 0 Å². The van der Waals surface area contributed by atoms with E-state index in [0.29, 0.717) is 0 Å². The number of carbonyl (C=O) groups excluding carboxylic acids is 2. The van der Waals surface area contributed by atoms with E-state index in [-0.39, 0.29) is 36.6 Å². The van der Waals surface area contributed by atoms with Crippen LogP contribution >= 0.6 is 0 Å². The normalized spacial score (nSPS) is 15.1. The number of hydrogen-bond donors (Lipinski definition) is 1. The molecular weight excluding hydrogens is 367 g/mol. The molecule has 0 radical (unpaired) electrons. The standard InChI is InChI=1S/C24H29FN2O2/c1-17-6-5-7-20(14-17)15-23(28)27(16-19-10-12-21(25)13-11-19)18(2)24(29)26-22-8-3-4-9-22/h5-7,10-14,18,22H,3-4,8-9,15-16H2,1-2H3,(H,26,29)/t18-/m0/s1. The van der Waals surface area contributed by atoms with Crippen LogP contribution in [0.4, 0.5) is 4.39 Å². The van der Waals surface area contributed by atoms with Gasteiger partial charge in [-0.2, -0.15) is 0 Å². The first-order chi connectivity index (χ1) is 13.9. The van der Waals surface area contributed by atoms with Gasteiger partial charge in [0.2, 0.25) is 11.8 Å². The molecule has 3 rings (SSSR count). The van der Waals surface area contributed by atoms with Crippen molar-refractivity contribution in [2.24, 2.45) is 0 Å². The summed E-state index contributed by atoms with van der Waals surface area (Å²) in [7, 11) is 0. The van der Waals surface area contributed by atoms with Gasteiger partial charge in [0.15, 0.2) is 0 Å². The Labute approximate surface area is 172 Å². The lowest BCUT2D eigenvalue weighted by atomic mass is 10.1. The van der Waals surface area contributed by atoms with Crippen molar-refractivity contribution < 1.29 is 14.0 Å². The van der Waals surface area contributed by atoms with Gasteiger partial charge < -0.3 is 10.2 Å². The molecule has 1 aliphatic rings. The van der Waals surface area contributed by atoms with Crippen LogP contribution in [0.1, 0.15) is 49.3 Å². The number of carbonyl (C=O) groups is 2. The number of benzene rings is 2. The first kappa shape index (κ1) is 21.0. The van der Waals surface area contributed by atoms with Crippen molar-refractivity contribution in [3.63, 3.8) is 0 Å². The number of nitrogens with zero attached hydrogens (tertiary/aromatic N) is 1. The second kappa shape index (κ2) is 9.68. The minimum atomic E-state index is -0.599. The minimum absolute atomic E-state index is 0.117. The van der Waals surface area contributed by atoms with E-state index in [2.05, 4.69) is 5.32 Å². The van der Waals surface area contributed by atoms with E-state index in [4.69, 9.17) is 0 Å². The van der Waals surface area contributed by atoms with E-state index in [1.165, 1.54) is 12.1 Å². The summed E-state index contributed by atoms with van der Waals surface area (Å²) in [6, 6.07) is 13.5. The Balaban J connectivity index is 1.76. The van der Waals surface area contributed by atoms with Crippen molar-refractivity contribution in [2.45, 2.75) is 64.6 Å². The van der Waals surface area contributed by atoms with Crippen molar-refractivity contribution in [1.29, 1.82) is 0 Å². The third-order valence-corrected chi connectivity index (χ3v) is 5.57. The fourth-order valence-electron chi connectivity index (χ4n) is 3.86. The van der Waals surface area contributed by atoms with Crippen LogP contribution in [-0.2, 0) is 22.6 Å². The SMILES string of the molecule is Cc1cccc(CC(=O)N(Cc2ccc(F)cc2)[C@@H](C)C(=O)NC2CCCC2)c1. The molecule has 0 heterocycles. The molecule has 0 spiro atoms. The van der Waals surface area contributed by atoms with Gasteiger partial charge in [-0.05, 0) is 49.9 Å². The van der Waals surface area contributed by atoms with Gasteiger partial charge in [-0.1, -0.05) is 54.8 Å². The first-order valence-corrected chi connectivity index (χ1v) is 10.3. The zero-order valence-electron chi connectivity index (χ0n) is 17.2. The Hall–Kier alpha value is -2.69. The number of halogens is 1. The van der Waals surface area contributed by atoms with Crippen molar-refractivity contribution >= 4 is 11.8 Å². The van der Waals surface area contributed by atoms with Crippen LogP contribution in [0, 0.1) is 12.7 Å². The molecule has 2 aromatic carbocycles. The lowest BCUT2D eigenvalue weighted by molar-refractivity contribution is -0.140. The molecule has 1 aliphatic carbocycles. The highest BCUT2D eigenvalue weighted by Crippen LogP contribution is 2.19. The van der Waals surface area contributed by atoms with Crippen molar-refractivity contribution in [3.8, 4) is 0 Å². The van der Waals surface area contributed by atoms with Crippen LogP contribution in [0.25, 0.3) is 0 Å². The third-order valence-electron chi connectivity index (χ3n) is 5.57. The maximum atomic E-state index is 13.3. The van der Waals surface area contributed by atoms with Crippen LogP contribution in [0.5, 0.6) is 0 Å². The van der Waals surface area contributed by atoms with Crippen molar-refractivity contribution in [3.05, 3.63) is 71.0 Å². The van der Waals surface area contributed by atoms with Gasteiger partial charge >= 0.3 is 0 Å². The van der Waals surface area contributed by atoms with Crippen LogP contribution in [-0.4, -0.2) is 28.8 Å². The van der Waals surface area contributed by atoms with E-state index < -0.39 is 6.04 Å². The molecule has 0 aromatic heterocycles. The number of rotatable bonds is 7. The molecule has 2 aromatic rings. The Morgan fingerprint density at radius 3 is 2.45 bits per heavy atom. The summed E-state index contributed by atoms with van der Waals surface area (Å²) in [6.07, 6.45) is 4.47. The van der Waals surface area contributed by atoms with Crippen LogP contribution in [0.15, 0.2) is 48.5 Å². The second-order valence-electron chi connectivity index (χ2n) is 7.98. The summed E-state index contributed by atoms with van der Waals surface area (Å²) in [5.41, 5.74) is 2.81. The summed E-state index contributed by atoms with van der Waals surface area (Å²) in [5.74, 6) is -0.566. The molecule has 0 saturated heterocycles. The molecule has 154 valence electrons. The van der Waals surface area contributed by atoms with Gasteiger partial charge in [-0.3, -0.25) is 9.59 Å². The molecule has 4 nitrogen and oxygen atoms in total. The highest BCUT2D eigenvalue weighted by Gasteiger charge is 2.28. The van der Waals surface area contributed by atoms with Crippen molar-refractivity contribution in [1.82, 2.24) is 10.2 Å². The lowest BCUT2D eigenvalue weighted by Crippen LogP contribution is -2.50. The molecule has 29 heavy (non-hydrogen) atoms. The maximum absolute atomic E-state index is 13.3. The summed E-state index contributed by atoms with van der Waals surface area (Å²) in [5, 5.41) is 3.09. The molecule has 2 amide bonds. The molecule has 1 saturated carbocycles. The topological polar surface area (TPSA) is 49.4 Å². The van der Waals surface area contributed by atoms with E-state index in [9.17, 15) is 14.0 Å². The highest BCUT2D eigenvalue weighted by atomic mass is 19.1. The number of aryl methyl sites for hydroxylation is 1. The smallest absolute Gasteiger partial charge is 0.242 e. The van der Waals surface area contributed by atoms with Gasteiger partial charge in [0, 0.05) is 12.6 Å². The van der Waals surface area contributed by atoms with E-state index >= 15 is 0 Å². The number of amides is 2. The summed E-state index contributed by atoms with van der Waals surface area (Å²) < 4.78 is 13.3. The van der Waals surface area contributed by atoms with Gasteiger partial charge in [-0.15, -0.1) is 0 Å². The average Bonchev–Trinajstić information content (AvgIpc) is 3.20. The molecule has 1 N–H and O–H groups in total. The van der Waals surface area contributed by atoms with Gasteiger partial charge in [0.05, 0.1) is 6.42 Å². The Kier molecular flexibility index (Phi) is 7.02. The molecule has 0 unspecified atom stereocenters. The molecule has 1 fully saturated rings. The van der Waals surface area contributed by atoms with Crippen molar-refractivity contribution in [2.75, 3.05) is 0 Å². The first-order valence-electron chi connectivity index (χ1n) is 10.3. The summed E-state index contributed by atoms with van der Waals surface area (Å²) in [4.78, 5) is 27.6. The zero-order chi connectivity index (χ0) is 20.8. The molecule has 0 bridgehead atoms. The predicted molar refractivity (Wildman–Crippen MR) is 112 cm³/mol. The second-order valence-corrected chi connectivity index (χ2v) is 7.98. The Morgan fingerprint density at radius 2 is 1.79 bits per heavy atom. The average molecular weight is 397 g/mol. The van der Waals surface area contributed by atoms with Crippen LogP contribution in [0.3, 0.4) is 0 Å². The molecular formula is C24H29FN2O2. The lowest BCUT2D eigenvalue weighted by Gasteiger charge is -2.30. The summed E-state index contributed by atoms with van der Waals surface area (Å²) in [6.45, 7) is 4.02. The number of hydrogen-bond acceptors (Lipinski definition) is 2. The predicted octanol–water partition coefficient (Wildman–Crippen LogP) is 4.15. The monoisotopic (exact) mass is 396 g/mol. The molecule has 5 heteroatoms. The minimum Gasteiger partial charge on any atom is -0.352 e. The number of nitrogens with one attached hydrogen (secondary N) is 1. The fourth-order valence-corrected chi connectivity index (χ4v) is 3.86. The van der Waals surface area contributed by atoms with E-state index in [1.807, 2.05) is 31.2 Å². The van der Waals surface area contributed by atoms with Gasteiger partial charge in [0.1, 0.15) is 11.9 Å². The third kappa shape index (κ3) is 5.89. The largest absolute Gasteiger partial charge is 0.352 e. The quantitative estimate of drug-likeness (QED) is 0.764. The highest BCUT2D eigenvalue weighted by molar-refractivity contribution is 5.88. The van der Waals surface area contributed by atoms with Crippen LogP contribution < -0.4 is 5.32 Å². The van der Waals surface area contributed by atoms with Gasteiger partial charge in [-0.25, -0.2) is 4.39 Å². The van der Waals surface area contributed by atoms with E-state index in [1.54, 1.807) is 24.0 Å².